The minimum absolute atomic E-state index is 0.381. The van der Waals surface area contributed by atoms with E-state index < -0.39 is 6.10 Å². The first kappa shape index (κ1) is 13.4. The van der Waals surface area contributed by atoms with Gasteiger partial charge in [0.2, 0.25) is 0 Å². The Balaban J connectivity index is 2.35. The number of aliphatic hydroxyl groups excluding tert-OH is 1. The van der Waals surface area contributed by atoms with Gasteiger partial charge in [0, 0.05) is 23.7 Å². The summed E-state index contributed by atoms with van der Waals surface area (Å²) in [6, 6.07) is 8.13. The van der Waals surface area contributed by atoms with Crippen LogP contribution in [-0.2, 0) is 4.74 Å². The Kier molecular flexibility index (Phi) is 6.30. The van der Waals surface area contributed by atoms with E-state index in [4.69, 9.17) is 4.74 Å². The van der Waals surface area contributed by atoms with E-state index in [2.05, 4.69) is 17.4 Å². The van der Waals surface area contributed by atoms with Crippen LogP contribution in [0.15, 0.2) is 29.2 Å². The molecule has 1 unspecified atom stereocenters. The summed E-state index contributed by atoms with van der Waals surface area (Å²) in [6.45, 7) is 3.45. The number of nitrogens with one attached hydrogen (secondary N) is 1. The van der Waals surface area contributed by atoms with Gasteiger partial charge >= 0.3 is 0 Å². The van der Waals surface area contributed by atoms with Crippen molar-refractivity contribution in [1.29, 1.82) is 0 Å². The molecule has 4 heteroatoms. The Bertz CT molecular complexity index is 307. The maximum atomic E-state index is 9.58. The Morgan fingerprint density at radius 3 is 3.00 bits per heavy atom. The van der Waals surface area contributed by atoms with E-state index in [-0.39, 0.29) is 0 Å². The molecule has 0 amide bonds. The number of hydrogen-bond donors (Lipinski definition) is 2. The van der Waals surface area contributed by atoms with E-state index in [0.717, 1.165) is 5.69 Å². The number of ether oxygens (including phenoxy) is 1. The van der Waals surface area contributed by atoms with Crippen molar-refractivity contribution in [1.82, 2.24) is 0 Å². The number of aliphatic hydroxyl groups is 1. The summed E-state index contributed by atoms with van der Waals surface area (Å²) in [7, 11) is 0. The van der Waals surface area contributed by atoms with Crippen molar-refractivity contribution in [2.45, 2.75) is 17.9 Å². The fourth-order valence-electron chi connectivity index (χ4n) is 1.28. The van der Waals surface area contributed by atoms with Crippen LogP contribution in [0.2, 0.25) is 0 Å². The van der Waals surface area contributed by atoms with Gasteiger partial charge in [0.15, 0.2) is 0 Å². The van der Waals surface area contributed by atoms with Crippen molar-refractivity contribution in [3.63, 3.8) is 0 Å². The summed E-state index contributed by atoms with van der Waals surface area (Å²) >= 11 is 1.70. The average Bonchev–Trinajstić information content (AvgIpc) is 2.34. The molecule has 1 atom stereocenters. The topological polar surface area (TPSA) is 41.5 Å². The van der Waals surface area contributed by atoms with Crippen LogP contribution in [0.25, 0.3) is 0 Å². The van der Waals surface area contributed by atoms with Gasteiger partial charge in [-0.25, -0.2) is 0 Å². The molecule has 0 aromatic heterocycles. The molecule has 2 N–H and O–H groups in total. The number of rotatable bonds is 7. The molecule has 0 bridgehead atoms. The highest BCUT2D eigenvalue weighted by Gasteiger charge is 2.03. The summed E-state index contributed by atoms with van der Waals surface area (Å²) in [4.78, 5) is 1.21. The largest absolute Gasteiger partial charge is 0.389 e. The minimum atomic E-state index is -0.460. The van der Waals surface area contributed by atoms with E-state index in [1.54, 1.807) is 11.8 Å². The second-order valence-electron chi connectivity index (χ2n) is 3.43. The molecule has 0 aliphatic heterocycles. The number of thioether (sulfide) groups is 1. The molecule has 1 rings (SSSR count). The van der Waals surface area contributed by atoms with Gasteiger partial charge < -0.3 is 15.2 Å². The molecule has 1 aromatic carbocycles. The third-order valence-corrected chi connectivity index (χ3v) is 2.85. The lowest BCUT2D eigenvalue weighted by Crippen LogP contribution is -2.24. The first-order chi connectivity index (χ1) is 7.76. The van der Waals surface area contributed by atoms with Gasteiger partial charge in [0.25, 0.3) is 0 Å². The van der Waals surface area contributed by atoms with Crippen molar-refractivity contribution in [2.75, 3.05) is 31.3 Å². The van der Waals surface area contributed by atoms with Crippen LogP contribution in [0.4, 0.5) is 5.69 Å². The lowest BCUT2D eigenvalue weighted by atomic mass is 10.3. The van der Waals surface area contributed by atoms with Gasteiger partial charge in [0.1, 0.15) is 0 Å². The van der Waals surface area contributed by atoms with Gasteiger partial charge in [-0.15, -0.1) is 11.8 Å². The van der Waals surface area contributed by atoms with Crippen LogP contribution in [0, 0.1) is 0 Å². The normalized spacial score (nSPS) is 12.4. The Hall–Kier alpha value is -0.710. The molecule has 16 heavy (non-hydrogen) atoms. The van der Waals surface area contributed by atoms with E-state index in [9.17, 15) is 5.11 Å². The van der Waals surface area contributed by atoms with Crippen molar-refractivity contribution in [3.05, 3.63) is 24.3 Å². The van der Waals surface area contributed by atoms with Gasteiger partial charge in [-0.2, -0.15) is 0 Å². The summed E-state index contributed by atoms with van der Waals surface area (Å²) in [5, 5.41) is 12.8. The van der Waals surface area contributed by atoms with E-state index in [1.807, 2.05) is 25.3 Å². The number of hydrogen-bond acceptors (Lipinski definition) is 4. The van der Waals surface area contributed by atoms with Crippen molar-refractivity contribution in [3.8, 4) is 0 Å². The molecule has 0 saturated carbocycles. The van der Waals surface area contributed by atoms with Gasteiger partial charge in [0.05, 0.1) is 12.7 Å². The molecule has 0 aliphatic rings. The molecule has 0 saturated heterocycles. The predicted octanol–water partition coefficient (Wildman–Crippen LogP) is 2.22. The quantitative estimate of drug-likeness (QED) is 0.718. The first-order valence-corrected chi connectivity index (χ1v) is 6.62. The molecule has 0 radical (unpaired) electrons. The monoisotopic (exact) mass is 241 g/mol. The molecule has 0 heterocycles. The molecule has 0 aliphatic carbocycles. The zero-order valence-electron chi connectivity index (χ0n) is 9.77. The minimum Gasteiger partial charge on any atom is -0.389 e. The van der Waals surface area contributed by atoms with Crippen molar-refractivity contribution < 1.29 is 9.84 Å². The number of anilines is 1. The van der Waals surface area contributed by atoms with Crippen LogP contribution in [0.3, 0.4) is 0 Å². The maximum absolute atomic E-state index is 9.58. The fourth-order valence-corrected chi connectivity index (χ4v) is 1.74. The average molecular weight is 241 g/mol. The Labute approximate surface area is 101 Å². The van der Waals surface area contributed by atoms with Crippen LogP contribution in [0.1, 0.15) is 6.92 Å². The summed E-state index contributed by atoms with van der Waals surface area (Å²) in [6.07, 6.45) is 1.58. The van der Waals surface area contributed by atoms with Crippen molar-refractivity contribution in [2.24, 2.45) is 0 Å². The fraction of sp³-hybridized carbons (Fsp3) is 0.500. The molecule has 3 nitrogen and oxygen atoms in total. The third-order valence-electron chi connectivity index (χ3n) is 2.13. The SMILES string of the molecule is CCOCC(O)CNc1cccc(SC)c1. The van der Waals surface area contributed by atoms with Gasteiger partial charge in [-0.05, 0) is 31.4 Å². The van der Waals surface area contributed by atoms with E-state index in [0.29, 0.717) is 19.8 Å². The molecule has 0 spiro atoms. The lowest BCUT2D eigenvalue weighted by molar-refractivity contribution is 0.0496. The van der Waals surface area contributed by atoms with Crippen LogP contribution < -0.4 is 5.32 Å². The zero-order chi connectivity index (χ0) is 11.8. The standard InChI is InChI=1S/C12H19NO2S/c1-3-15-9-11(14)8-13-10-5-4-6-12(7-10)16-2/h4-7,11,13-14H,3,8-9H2,1-2H3. The van der Waals surface area contributed by atoms with Crippen LogP contribution >= 0.6 is 11.8 Å². The summed E-state index contributed by atoms with van der Waals surface area (Å²) in [5.74, 6) is 0. The Morgan fingerprint density at radius 1 is 1.50 bits per heavy atom. The highest BCUT2D eigenvalue weighted by atomic mass is 32.2. The maximum Gasteiger partial charge on any atom is 0.0945 e. The molecule has 0 fully saturated rings. The summed E-state index contributed by atoms with van der Waals surface area (Å²) < 4.78 is 5.13. The van der Waals surface area contributed by atoms with Gasteiger partial charge in [-0.1, -0.05) is 6.07 Å². The predicted molar refractivity (Wildman–Crippen MR) is 69.2 cm³/mol. The Morgan fingerprint density at radius 2 is 2.31 bits per heavy atom. The van der Waals surface area contributed by atoms with E-state index in [1.165, 1.54) is 4.90 Å². The molecular weight excluding hydrogens is 222 g/mol. The lowest BCUT2D eigenvalue weighted by Gasteiger charge is -2.13. The second kappa shape index (κ2) is 7.54. The highest BCUT2D eigenvalue weighted by molar-refractivity contribution is 7.98. The smallest absolute Gasteiger partial charge is 0.0945 e. The van der Waals surface area contributed by atoms with E-state index >= 15 is 0 Å². The molecular formula is C12H19NO2S. The van der Waals surface area contributed by atoms with Crippen molar-refractivity contribution >= 4 is 17.4 Å². The van der Waals surface area contributed by atoms with Crippen LogP contribution in [0.5, 0.6) is 0 Å². The van der Waals surface area contributed by atoms with Crippen LogP contribution in [-0.4, -0.2) is 37.2 Å². The van der Waals surface area contributed by atoms with Gasteiger partial charge in [-0.3, -0.25) is 0 Å². The third kappa shape index (κ3) is 4.88. The first-order valence-electron chi connectivity index (χ1n) is 5.40. The molecule has 1 aromatic rings. The highest BCUT2D eigenvalue weighted by Crippen LogP contribution is 2.18. The number of benzene rings is 1. The zero-order valence-corrected chi connectivity index (χ0v) is 10.6. The molecule has 90 valence electrons. The second-order valence-corrected chi connectivity index (χ2v) is 4.31. The summed E-state index contributed by atoms with van der Waals surface area (Å²) in [5.41, 5.74) is 1.03.